The number of rotatable bonds is 5. The fourth-order valence-corrected chi connectivity index (χ4v) is 3.88. The number of nitrogens with two attached hydrogens (primary N) is 1. The van der Waals surface area contributed by atoms with Crippen LogP contribution in [0.15, 0.2) is 0 Å². The highest BCUT2D eigenvalue weighted by molar-refractivity contribution is 7.91. The highest BCUT2D eigenvalue weighted by Crippen LogP contribution is 2.35. The minimum atomic E-state index is -2.89. The first-order valence-electron chi connectivity index (χ1n) is 6.78. The van der Waals surface area contributed by atoms with Crippen molar-refractivity contribution in [1.82, 2.24) is 0 Å². The normalized spacial score (nSPS) is 30.8. The topological polar surface area (TPSA) is 60.2 Å². The average molecular weight is 261 g/mol. The van der Waals surface area contributed by atoms with E-state index >= 15 is 0 Å². The largest absolute Gasteiger partial charge is 0.330 e. The summed E-state index contributed by atoms with van der Waals surface area (Å²) in [6.45, 7) is 6.49. The van der Waals surface area contributed by atoms with E-state index in [-0.39, 0.29) is 5.25 Å². The van der Waals surface area contributed by atoms with Crippen molar-refractivity contribution in [2.45, 2.75) is 51.7 Å². The van der Waals surface area contributed by atoms with Crippen LogP contribution >= 0.6 is 0 Å². The number of hydrogen-bond donors (Lipinski definition) is 1. The van der Waals surface area contributed by atoms with Crippen LogP contribution < -0.4 is 5.73 Å². The number of sulfone groups is 1. The third-order valence-electron chi connectivity index (χ3n) is 4.20. The van der Waals surface area contributed by atoms with Crippen LogP contribution in [0.4, 0.5) is 0 Å². The van der Waals surface area contributed by atoms with E-state index in [1.54, 1.807) is 13.8 Å². The van der Waals surface area contributed by atoms with Crippen LogP contribution in [0.2, 0.25) is 0 Å². The lowest BCUT2D eigenvalue weighted by Gasteiger charge is -2.34. The van der Waals surface area contributed by atoms with Gasteiger partial charge in [-0.25, -0.2) is 8.42 Å². The van der Waals surface area contributed by atoms with E-state index in [1.807, 2.05) is 0 Å². The van der Waals surface area contributed by atoms with Crippen LogP contribution in [0.1, 0.15) is 46.5 Å². The predicted molar refractivity (Wildman–Crippen MR) is 72.6 cm³/mol. The van der Waals surface area contributed by atoms with E-state index in [1.165, 1.54) is 12.8 Å². The van der Waals surface area contributed by atoms with Crippen molar-refractivity contribution in [2.24, 2.45) is 23.5 Å². The van der Waals surface area contributed by atoms with Crippen molar-refractivity contribution in [3.63, 3.8) is 0 Å². The Morgan fingerprint density at radius 1 is 1.24 bits per heavy atom. The molecule has 0 spiro atoms. The van der Waals surface area contributed by atoms with Gasteiger partial charge in [0.05, 0.1) is 11.0 Å². The van der Waals surface area contributed by atoms with E-state index in [4.69, 9.17) is 5.73 Å². The van der Waals surface area contributed by atoms with Crippen LogP contribution in [0.5, 0.6) is 0 Å². The minimum absolute atomic E-state index is 0.250. The first-order chi connectivity index (χ1) is 7.86. The fourth-order valence-electron chi connectivity index (χ4n) is 2.78. The molecule has 0 bridgehead atoms. The zero-order valence-corrected chi connectivity index (χ0v) is 12.2. The molecule has 0 heterocycles. The third kappa shape index (κ3) is 4.25. The maximum Gasteiger partial charge on any atom is 0.152 e. The third-order valence-corrected chi connectivity index (χ3v) is 6.44. The van der Waals surface area contributed by atoms with E-state index < -0.39 is 9.84 Å². The molecule has 1 saturated carbocycles. The molecule has 1 rings (SSSR count). The molecule has 0 radical (unpaired) electrons. The summed E-state index contributed by atoms with van der Waals surface area (Å²) in [7, 11) is -2.89. The van der Waals surface area contributed by atoms with Crippen LogP contribution in [0.3, 0.4) is 0 Å². The second-order valence-electron chi connectivity index (χ2n) is 5.88. The van der Waals surface area contributed by atoms with Crippen LogP contribution in [-0.4, -0.2) is 26.0 Å². The van der Waals surface area contributed by atoms with Gasteiger partial charge >= 0.3 is 0 Å². The molecule has 17 heavy (non-hydrogen) atoms. The first-order valence-corrected chi connectivity index (χ1v) is 8.50. The molecule has 0 amide bonds. The van der Waals surface area contributed by atoms with E-state index in [2.05, 4.69) is 6.92 Å². The zero-order chi connectivity index (χ0) is 13.1. The molecule has 0 aliphatic heterocycles. The van der Waals surface area contributed by atoms with Gasteiger partial charge in [0.2, 0.25) is 0 Å². The second-order valence-corrected chi connectivity index (χ2v) is 8.56. The summed E-state index contributed by atoms with van der Waals surface area (Å²) >= 11 is 0. The van der Waals surface area contributed by atoms with Crippen molar-refractivity contribution >= 4 is 9.84 Å². The van der Waals surface area contributed by atoms with Gasteiger partial charge in [-0.3, -0.25) is 0 Å². The molecule has 1 aliphatic rings. The molecule has 102 valence electrons. The maximum absolute atomic E-state index is 11.8. The highest BCUT2D eigenvalue weighted by atomic mass is 32.2. The van der Waals surface area contributed by atoms with E-state index in [0.717, 1.165) is 18.8 Å². The first kappa shape index (κ1) is 15.0. The SMILES string of the molecule is CC1CCC(CN)C(CCS(=O)(=O)C(C)C)C1. The predicted octanol–water partition coefficient (Wildman–Crippen LogP) is 2.21. The van der Waals surface area contributed by atoms with Gasteiger partial charge in [-0.15, -0.1) is 0 Å². The van der Waals surface area contributed by atoms with Crippen LogP contribution in [-0.2, 0) is 9.84 Å². The zero-order valence-electron chi connectivity index (χ0n) is 11.4. The molecule has 1 aliphatic carbocycles. The van der Waals surface area contributed by atoms with Gasteiger partial charge in [-0.2, -0.15) is 0 Å². The molecule has 1 fully saturated rings. The molecule has 0 saturated heterocycles. The van der Waals surface area contributed by atoms with Gasteiger partial charge in [0.1, 0.15) is 0 Å². The molecule has 2 N–H and O–H groups in total. The van der Waals surface area contributed by atoms with Crippen molar-refractivity contribution in [2.75, 3.05) is 12.3 Å². The Bertz CT molecular complexity index is 324. The summed E-state index contributed by atoms with van der Waals surface area (Å²) in [5.41, 5.74) is 5.79. The monoisotopic (exact) mass is 261 g/mol. The molecule has 3 atom stereocenters. The minimum Gasteiger partial charge on any atom is -0.330 e. The summed E-state index contributed by atoms with van der Waals surface area (Å²) in [4.78, 5) is 0. The van der Waals surface area contributed by atoms with Crippen LogP contribution in [0.25, 0.3) is 0 Å². The summed E-state index contributed by atoms with van der Waals surface area (Å²) < 4.78 is 23.6. The summed E-state index contributed by atoms with van der Waals surface area (Å²) in [6, 6.07) is 0. The lowest BCUT2D eigenvalue weighted by molar-refractivity contribution is 0.190. The average Bonchev–Trinajstić information content (AvgIpc) is 2.26. The van der Waals surface area contributed by atoms with Gasteiger partial charge in [-0.1, -0.05) is 13.3 Å². The van der Waals surface area contributed by atoms with Crippen molar-refractivity contribution in [1.29, 1.82) is 0 Å². The van der Waals surface area contributed by atoms with Gasteiger partial charge in [0.25, 0.3) is 0 Å². The van der Waals surface area contributed by atoms with Crippen molar-refractivity contribution in [3.8, 4) is 0 Å². The Morgan fingerprint density at radius 3 is 2.41 bits per heavy atom. The number of hydrogen-bond acceptors (Lipinski definition) is 3. The highest BCUT2D eigenvalue weighted by Gasteiger charge is 2.29. The molecule has 3 nitrogen and oxygen atoms in total. The molecule has 0 aromatic rings. The Hall–Kier alpha value is -0.0900. The lowest BCUT2D eigenvalue weighted by Crippen LogP contribution is -2.31. The van der Waals surface area contributed by atoms with E-state index in [0.29, 0.717) is 24.1 Å². The molecule has 3 unspecified atom stereocenters. The van der Waals surface area contributed by atoms with Gasteiger partial charge in [-0.05, 0) is 57.4 Å². The van der Waals surface area contributed by atoms with Crippen molar-refractivity contribution < 1.29 is 8.42 Å². The summed E-state index contributed by atoms with van der Waals surface area (Å²) in [6.07, 6.45) is 4.36. The van der Waals surface area contributed by atoms with Gasteiger partial charge in [0.15, 0.2) is 9.84 Å². The Balaban J connectivity index is 2.54. The second kappa shape index (κ2) is 6.19. The molecular weight excluding hydrogens is 234 g/mol. The Morgan fingerprint density at radius 2 is 1.88 bits per heavy atom. The standard InChI is InChI=1S/C13H27NO2S/c1-10(2)17(15,16)7-6-12-8-11(3)4-5-13(12)9-14/h10-13H,4-9,14H2,1-3H3. The molecule has 0 aromatic carbocycles. The molecule has 4 heteroatoms. The summed E-state index contributed by atoms with van der Waals surface area (Å²) in [5.74, 6) is 2.11. The molecular formula is C13H27NO2S. The van der Waals surface area contributed by atoms with Gasteiger partial charge < -0.3 is 5.73 Å². The fraction of sp³-hybridized carbons (Fsp3) is 1.00. The van der Waals surface area contributed by atoms with E-state index in [9.17, 15) is 8.42 Å². The smallest absolute Gasteiger partial charge is 0.152 e. The van der Waals surface area contributed by atoms with Crippen LogP contribution in [0, 0.1) is 17.8 Å². The quantitative estimate of drug-likeness (QED) is 0.825. The Labute approximate surface area is 106 Å². The maximum atomic E-state index is 11.8. The summed E-state index contributed by atoms with van der Waals surface area (Å²) in [5, 5.41) is -0.250. The molecule has 0 aromatic heterocycles. The van der Waals surface area contributed by atoms with Gasteiger partial charge in [0, 0.05) is 0 Å². The van der Waals surface area contributed by atoms with Crippen molar-refractivity contribution in [3.05, 3.63) is 0 Å². The Kier molecular flexibility index (Phi) is 5.45. The lowest BCUT2D eigenvalue weighted by atomic mass is 9.73.